The van der Waals surface area contributed by atoms with Crippen LogP contribution in [0, 0.1) is 5.92 Å². The maximum absolute atomic E-state index is 9.79. The molecule has 0 aromatic rings. The number of nitrogens with one attached hydrogen (secondary N) is 1. The number of hydrogen-bond acceptors (Lipinski definition) is 4. The summed E-state index contributed by atoms with van der Waals surface area (Å²) in [6.07, 6.45) is 4.90. The molecule has 4 heteroatoms. The monoisotopic (exact) mass is 259 g/mol. The van der Waals surface area contributed by atoms with Crippen LogP contribution in [0.4, 0.5) is 0 Å². The van der Waals surface area contributed by atoms with Crippen LogP contribution in [-0.4, -0.2) is 50.2 Å². The van der Waals surface area contributed by atoms with Crippen LogP contribution < -0.4 is 5.32 Å². The lowest BCUT2D eigenvalue weighted by molar-refractivity contribution is -0.0284. The minimum atomic E-state index is -0.423. The highest BCUT2D eigenvalue weighted by atomic mass is 16.5. The summed E-state index contributed by atoms with van der Waals surface area (Å²) < 4.78 is 10.9. The third-order valence-electron chi connectivity index (χ3n) is 3.70. The first kappa shape index (κ1) is 15.9. The summed E-state index contributed by atoms with van der Waals surface area (Å²) in [6.45, 7) is 6.06. The van der Waals surface area contributed by atoms with Crippen LogP contribution in [0.15, 0.2) is 0 Å². The van der Waals surface area contributed by atoms with Crippen molar-refractivity contribution < 1.29 is 14.6 Å². The average Bonchev–Trinajstić information content (AvgIpc) is 2.38. The highest BCUT2D eigenvalue weighted by Crippen LogP contribution is 2.25. The summed E-state index contributed by atoms with van der Waals surface area (Å²) in [5.41, 5.74) is 0. The van der Waals surface area contributed by atoms with E-state index in [1.165, 1.54) is 12.8 Å². The molecule has 1 saturated carbocycles. The number of aliphatic hydroxyl groups is 1. The van der Waals surface area contributed by atoms with Gasteiger partial charge in [0.25, 0.3) is 0 Å². The first-order valence-corrected chi connectivity index (χ1v) is 7.15. The second-order valence-corrected chi connectivity index (χ2v) is 5.57. The fraction of sp³-hybridized carbons (Fsp3) is 1.00. The zero-order chi connectivity index (χ0) is 13.4. The van der Waals surface area contributed by atoms with Gasteiger partial charge < -0.3 is 19.9 Å². The fourth-order valence-electron chi connectivity index (χ4n) is 2.24. The van der Waals surface area contributed by atoms with E-state index < -0.39 is 6.10 Å². The molecule has 0 spiro atoms. The van der Waals surface area contributed by atoms with Gasteiger partial charge in [0.15, 0.2) is 0 Å². The van der Waals surface area contributed by atoms with Crippen LogP contribution >= 0.6 is 0 Å². The Bertz CT molecular complexity index is 205. The molecule has 0 amide bonds. The molecule has 108 valence electrons. The Kier molecular flexibility index (Phi) is 7.82. The molecule has 0 saturated heterocycles. The van der Waals surface area contributed by atoms with Crippen molar-refractivity contribution in [2.75, 3.05) is 26.8 Å². The minimum absolute atomic E-state index is 0.179. The predicted molar refractivity (Wildman–Crippen MR) is 72.7 cm³/mol. The summed E-state index contributed by atoms with van der Waals surface area (Å²) in [4.78, 5) is 0. The minimum Gasteiger partial charge on any atom is -0.389 e. The van der Waals surface area contributed by atoms with Crippen LogP contribution in [0.3, 0.4) is 0 Å². The SMILES string of the molecule is COC(C)CNCC(O)COC1CCC(C)CC1. The summed E-state index contributed by atoms with van der Waals surface area (Å²) in [7, 11) is 1.69. The van der Waals surface area contributed by atoms with Gasteiger partial charge >= 0.3 is 0 Å². The summed E-state index contributed by atoms with van der Waals surface area (Å²) in [6, 6.07) is 0. The molecule has 1 aliphatic rings. The second-order valence-electron chi connectivity index (χ2n) is 5.57. The quantitative estimate of drug-likeness (QED) is 0.695. The van der Waals surface area contributed by atoms with Crippen LogP contribution in [0.2, 0.25) is 0 Å². The Morgan fingerprint density at radius 1 is 1.22 bits per heavy atom. The van der Waals surface area contributed by atoms with E-state index in [-0.39, 0.29) is 6.10 Å². The Hall–Kier alpha value is -0.160. The number of ether oxygens (including phenoxy) is 2. The zero-order valence-corrected chi connectivity index (χ0v) is 12.0. The fourth-order valence-corrected chi connectivity index (χ4v) is 2.24. The third-order valence-corrected chi connectivity index (χ3v) is 3.70. The van der Waals surface area contributed by atoms with E-state index in [0.29, 0.717) is 19.3 Å². The normalized spacial score (nSPS) is 28.0. The van der Waals surface area contributed by atoms with E-state index in [2.05, 4.69) is 12.2 Å². The maximum atomic E-state index is 9.79. The van der Waals surface area contributed by atoms with Gasteiger partial charge in [-0.2, -0.15) is 0 Å². The molecule has 0 aromatic heterocycles. The van der Waals surface area contributed by atoms with Crippen molar-refractivity contribution in [1.82, 2.24) is 5.32 Å². The predicted octanol–water partition coefficient (Wildman–Crippen LogP) is 1.57. The summed E-state index contributed by atoms with van der Waals surface area (Å²) >= 11 is 0. The average molecular weight is 259 g/mol. The molecular formula is C14H29NO3. The van der Waals surface area contributed by atoms with Crippen LogP contribution in [0.25, 0.3) is 0 Å². The molecular weight excluding hydrogens is 230 g/mol. The Morgan fingerprint density at radius 3 is 2.50 bits per heavy atom. The van der Waals surface area contributed by atoms with Gasteiger partial charge in [-0.15, -0.1) is 0 Å². The van der Waals surface area contributed by atoms with Gasteiger partial charge in [-0.1, -0.05) is 6.92 Å². The Balaban J connectivity index is 2.01. The summed E-state index contributed by atoms with van der Waals surface area (Å²) in [5, 5.41) is 13.0. The number of methoxy groups -OCH3 is 1. The van der Waals surface area contributed by atoms with Crippen molar-refractivity contribution in [3.05, 3.63) is 0 Å². The lowest BCUT2D eigenvalue weighted by Gasteiger charge is -2.27. The van der Waals surface area contributed by atoms with Gasteiger partial charge in [0.05, 0.1) is 24.9 Å². The Labute approximate surface area is 111 Å². The van der Waals surface area contributed by atoms with Gasteiger partial charge in [-0.3, -0.25) is 0 Å². The molecule has 2 atom stereocenters. The van der Waals surface area contributed by atoms with E-state index in [9.17, 15) is 5.11 Å². The van der Waals surface area contributed by atoms with Crippen molar-refractivity contribution >= 4 is 0 Å². The van der Waals surface area contributed by atoms with Crippen LogP contribution in [0.5, 0.6) is 0 Å². The largest absolute Gasteiger partial charge is 0.389 e. The van der Waals surface area contributed by atoms with Crippen LogP contribution in [-0.2, 0) is 9.47 Å². The van der Waals surface area contributed by atoms with E-state index in [0.717, 1.165) is 25.3 Å². The standard InChI is InChI=1S/C14H29NO3/c1-11-4-6-14(7-5-11)18-10-13(16)9-15-8-12(2)17-3/h11-16H,4-10H2,1-3H3. The zero-order valence-electron chi connectivity index (χ0n) is 12.0. The molecule has 0 aliphatic heterocycles. The highest BCUT2D eigenvalue weighted by Gasteiger charge is 2.19. The first-order chi connectivity index (χ1) is 8.61. The lowest BCUT2D eigenvalue weighted by Crippen LogP contribution is -2.36. The molecule has 2 unspecified atom stereocenters. The van der Waals surface area contributed by atoms with E-state index in [1.54, 1.807) is 7.11 Å². The van der Waals surface area contributed by atoms with Crippen molar-refractivity contribution in [2.24, 2.45) is 5.92 Å². The van der Waals surface area contributed by atoms with E-state index >= 15 is 0 Å². The van der Waals surface area contributed by atoms with Crippen molar-refractivity contribution in [3.8, 4) is 0 Å². The molecule has 0 radical (unpaired) electrons. The van der Waals surface area contributed by atoms with Crippen molar-refractivity contribution in [3.63, 3.8) is 0 Å². The lowest BCUT2D eigenvalue weighted by atomic mass is 9.89. The molecule has 0 heterocycles. The topological polar surface area (TPSA) is 50.7 Å². The van der Waals surface area contributed by atoms with Gasteiger partial charge in [0, 0.05) is 20.2 Å². The molecule has 1 fully saturated rings. The maximum Gasteiger partial charge on any atom is 0.0897 e. The van der Waals surface area contributed by atoms with Gasteiger partial charge in [0.1, 0.15) is 0 Å². The molecule has 0 aromatic carbocycles. The van der Waals surface area contributed by atoms with E-state index in [1.807, 2.05) is 6.92 Å². The Morgan fingerprint density at radius 2 is 1.89 bits per heavy atom. The molecule has 18 heavy (non-hydrogen) atoms. The number of hydrogen-bond donors (Lipinski definition) is 2. The first-order valence-electron chi connectivity index (χ1n) is 7.15. The third kappa shape index (κ3) is 6.69. The van der Waals surface area contributed by atoms with Gasteiger partial charge in [-0.05, 0) is 38.5 Å². The van der Waals surface area contributed by atoms with Gasteiger partial charge in [0.2, 0.25) is 0 Å². The number of rotatable bonds is 8. The molecule has 1 aliphatic carbocycles. The van der Waals surface area contributed by atoms with Crippen molar-refractivity contribution in [1.29, 1.82) is 0 Å². The highest BCUT2D eigenvalue weighted by molar-refractivity contribution is 4.71. The number of aliphatic hydroxyl groups excluding tert-OH is 1. The second kappa shape index (κ2) is 8.86. The van der Waals surface area contributed by atoms with Crippen molar-refractivity contribution in [2.45, 2.75) is 57.8 Å². The summed E-state index contributed by atoms with van der Waals surface area (Å²) in [5.74, 6) is 0.840. The van der Waals surface area contributed by atoms with E-state index in [4.69, 9.17) is 9.47 Å². The molecule has 0 bridgehead atoms. The molecule has 1 rings (SSSR count). The van der Waals surface area contributed by atoms with Crippen LogP contribution in [0.1, 0.15) is 39.5 Å². The smallest absolute Gasteiger partial charge is 0.0897 e. The molecule has 4 nitrogen and oxygen atoms in total. The van der Waals surface area contributed by atoms with Gasteiger partial charge in [-0.25, -0.2) is 0 Å². The molecule has 2 N–H and O–H groups in total.